The number of sulfonamides is 1. The van der Waals surface area contributed by atoms with Crippen LogP contribution in [0.2, 0.25) is 0 Å². The van der Waals surface area contributed by atoms with Gasteiger partial charge in [0.05, 0.1) is 4.90 Å². The summed E-state index contributed by atoms with van der Waals surface area (Å²) in [6.07, 6.45) is 1.86. The molecule has 162 valence electrons. The van der Waals surface area contributed by atoms with Gasteiger partial charge in [0.1, 0.15) is 5.82 Å². The van der Waals surface area contributed by atoms with Gasteiger partial charge in [-0.2, -0.15) is 4.31 Å². The van der Waals surface area contributed by atoms with Crippen LogP contribution in [-0.4, -0.2) is 41.9 Å². The molecule has 3 aromatic rings. The lowest BCUT2D eigenvalue weighted by molar-refractivity contribution is 0.102. The fourth-order valence-corrected chi connectivity index (χ4v) is 5.04. The van der Waals surface area contributed by atoms with E-state index in [-0.39, 0.29) is 22.4 Å². The van der Waals surface area contributed by atoms with E-state index in [1.165, 1.54) is 52.8 Å². The largest absolute Gasteiger partial charge is 0.403 e. The minimum atomic E-state index is -3.59. The van der Waals surface area contributed by atoms with E-state index in [2.05, 4.69) is 15.5 Å². The second kappa shape index (κ2) is 8.56. The lowest BCUT2D eigenvalue weighted by Gasteiger charge is -2.30. The molecule has 31 heavy (non-hydrogen) atoms. The Labute approximate surface area is 179 Å². The Morgan fingerprint density at radius 2 is 1.84 bits per heavy atom. The summed E-state index contributed by atoms with van der Waals surface area (Å²) in [6, 6.07) is 11.1. The molecular weight excluding hydrogens is 423 g/mol. The number of halogens is 1. The Hall–Kier alpha value is -3.11. The monoisotopic (exact) mass is 444 g/mol. The third kappa shape index (κ3) is 4.64. The highest BCUT2D eigenvalue weighted by atomic mass is 32.2. The second-order valence-electron chi connectivity index (χ2n) is 7.51. The molecule has 1 aliphatic rings. The molecule has 1 fully saturated rings. The van der Waals surface area contributed by atoms with Gasteiger partial charge < -0.3 is 4.42 Å². The van der Waals surface area contributed by atoms with Crippen molar-refractivity contribution in [3.8, 4) is 11.5 Å². The van der Waals surface area contributed by atoms with E-state index in [1.54, 1.807) is 0 Å². The highest BCUT2D eigenvalue weighted by molar-refractivity contribution is 7.89. The van der Waals surface area contributed by atoms with Crippen LogP contribution in [0.15, 0.2) is 57.8 Å². The summed E-state index contributed by atoms with van der Waals surface area (Å²) < 4.78 is 45.6. The molecule has 0 spiro atoms. The van der Waals surface area contributed by atoms with Crippen molar-refractivity contribution in [3.63, 3.8) is 0 Å². The minimum absolute atomic E-state index is 0.122. The Morgan fingerprint density at radius 1 is 1.13 bits per heavy atom. The number of piperidine rings is 1. The van der Waals surface area contributed by atoms with Crippen LogP contribution in [0.25, 0.3) is 11.5 Å². The van der Waals surface area contributed by atoms with E-state index in [1.807, 2.05) is 6.92 Å². The van der Waals surface area contributed by atoms with Gasteiger partial charge in [-0.05, 0) is 67.3 Å². The SMILES string of the molecule is C[C@H]1CCCN(S(=O)(=O)c2ccc(C(=O)Nc3nnc(-c4ccc(F)cc4)o3)cc2)C1. The molecule has 1 aromatic heterocycles. The zero-order chi connectivity index (χ0) is 22.0. The van der Waals surface area contributed by atoms with Crippen molar-refractivity contribution in [1.29, 1.82) is 0 Å². The van der Waals surface area contributed by atoms with Gasteiger partial charge in [0, 0.05) is 24.2 Å². The van der Waals surface area contributed by atoms with E-state index < -0.39 is 21.7 Å². The number of nitrogens with zero attached hydrogens (tertiary/aromatic N) is 3. The van der Waals surface area contributed by atoms with Gasteiger partial charge in [-0.25, -0.2) is 12.8 Å². The number of amides is 1. The summed E-state index contributed by atoms with van der Waals surface area (Å²) in [5, 5.41) is 10.1. The molecule has 0 saturated carbocycles. The van der Waals surface area contributed by atoms with Gasteiger partial charge in [0.15, 0.2) is 0 Å². The molecule has 1 atom stereocenters. The van der Waals surface area contributed by atoms with Crippen molar-refractivity contribution in [1.82, 2.24) is 14.5 Å². The Balaban J connectivity index is 1.45. The molecule has 1 aliphatic heterocycles. The van der Waals surface area contributed by atoms with Crippen LogP contribution in [0.1, 0.15) is 30.1 Å². The third-order valence-electron chi connectivity index (χ3n) is 5.11. The van der Waals surface area contributed by atoms with Gasteiger partial charge in [-0.1, -0.05) is 12.0 Å². The van der Waals surface area contributed by atoms with Crippen LogP contribution >= 0.6 is 0 Å². The molecular formula is C21H21FN4O4S. The van der Waals surface area contributed by atoms with E-state index in [9.17, 15) is 17.6 Å². The van der Waals surface area contributed by atoms with Crippen molar-refractivity contribution in [2.45, 2.75) is 24.7 Å². The predicted molar refractivity (Wildman–Crippen MR) is 111 cm³/mol. The van der Waals surface area contributed by atoms with Crippen LogP contribution in [0.4, 0.5) is 10.4 Å². The van der Waals surface area contributed by atoms with E-state index in [0.717, 1.165) is 12.8 Å². The van der Waals surface area contributed by atoms with Gasteiger partial charge in [0.2, 0.25) is 15.9 Å². The number of hydrogen-bond donors (Lipinski definition) is 1. The van der Waals surface area contributed by atoms with Crippen molar-refractivity contribution >= 4 is 21.9 Å². The third-order valence-corrected chi connectivity index (χ3v) is 6.99. The highest BCUT2D eigenvalue weighted by Gasteiger charge is 2.28. The number of benzene rings is 2. The Morgan fingerprint density at radius 3 is 2.52 bits per heavy atom. The molecule has 2 heterocycles. The number of nitrogens with one attached hydrogen (secondary N) is 1. The normalized spacial score (nSPS) is 17.4. The summed E-state index contributed by atoms with van der Waals surface area (Å²) >= 11 is 0. The van der Waals surface area contributed by atoms with Gasteiger partial charge >= 0.3 is 6.01 Å². The first-order valence-electron chi connectivity index (χ1n) is 9.84. The smallest absolute Gasteiger partial charge is 0.322 e. The number of hydrogen-bond acceptors (Lipinski definition) is 6. The van der Waals surface area contributed by atoms with Crippen molar-refractivity contribution < 1.29 is 22.0 Å². The summed E-state index contributed by atoms with van der Waals surface area (Å²) in [7, 11) is -3.59. The maximum Gasteiger partial charge on any atom is 0.322 e. The highest BCUT2D eigenvalue weighted by Crippen LogP contribution is 2.24. The van der Waals surface area contributed by atoms with Crippen LogP contribution in [0.5, 0.6) is 0 Å². The first kappa shape index (κ1) is 21.1. The molecule has 0 radical (unpaired) electrons. The van der Waals surface area contributed by atoms with E-state index in [4.69, 9.17) is 4.42 Å². The van der Waals surface area contributed by atoms with Crippen molar-refractivity contribution in [2.24, 2.45) is 5.92 Å². The van der Waals surface area contributed by atoms with Crippen LogP contribution in [0, 0.1) is 11.7 Å². The average molecular weight is 444 g/mol. The molecule has 0 aliphatic carbocycles. The quantitative estimate of drug-likeness (QED) is 0.645. The molecule has 2 aromatic carbocycles. The van der Waals surface area contributed by atoms with Gasteiger partial charge in [0.25, 0.3) is 5.91 Å². The summed E-state index contributed by atoms with van der Waals surface area (Å²) in [6.45, 7) is 3.04. The van der Waals surface area contributed by atoms with E-state index in [0.29, 0.717) is 24.6 Å². The fraction of sp³-hybridized carbons (Fsp3) is 0.286. The summed E-state index contributed by atoms with van der Waals surface area (Å²) in [4.78, 5) is 12.6. The first-order valence-corrected chi connectivity index (χ1v) is 11.3. The van der Waals surface area contributed by atoms with Crippen molar-refractivity contribution in [3.05, 3.63) is 59.9 Å². The maximum absolute atomic E-state index is 13.0. The average Bonchev–Trinajstić information content (AvgIpc) is 3.22. The van der Waals surface area contributed by atoms with E-state index >= 15 is 0 Å². The summed E-state index contributed by atoms with van der Waals surface area (Å²) in [5.74, 6) is -0.461. The number of carbonyl (C=O) groups excluding carboxylic acids is 1. The van der Waals surface area contributed by atoms with Crippen LogP contribution < -0.4 is 5.32 Å². The molecule has 10 heteroatoms. The number of carbonyl (C=O) groups is 1. The Kier molecular flexibility index (Phi) is 5.84. The molecule has 1 N–H and O–H groups in total. The van der Waals surface area contributed by atoms with Crippen LogP contribution in [0.3, 0.4) is 0 Å². The number of rotatable bonds is 5. The topological polar surface area (TPSA) is 105 Å². The number of anilines is 1. The van der Waals surface area contributed by atoms with Gasteiger partial charge in [-0.15, -0.1) is 5.10 Å². The van der Waals surface area contributed by atoms with Crippen molar-refractivity contribution in [2.75, 3.05) is 18.4 Å². The molecule has 4 rings (SSSR count). The Bertz CT molecular complexity index is 1180. The minimum Gasteiger partial charge on any atom is -0.403 e. The number of aromatic nitrogens is 2. The maximum atomic E-state index is 13.0. The lowest BCUT2D eigenvalue weighted by atomic mass is 10.0. The first-order chi connectivity index (χ1) is 14.8. The summed E-state index contributed by atoms with van der Waals surface area (Å²) in [5.41, 5.74) is 0.753. The van der Waals surface area contributed by atoms with Crippen LogP contribution in [-0.2, 0) is 10.0 Å². The standard InChI is InChI=1S/C21H21FN4O4S/c1-14-3-2-12-26(13-14)31(28,29)18-10-6-15(7-11-18)19(27)23-21-25-24-20(30-21)16-4-8-17(22)9-5-16/h4-11,14H,2-3,12-13H2,1H3,(H,23,25,27)/t14-/m0/s1. The molecule has 0 unspecified atom stereocenters. The molecule has 0 bridgehead atoms. The second-order valence-corrected chi connectivity index (χ2v) is 9.45. The zero-order valence-corrected chi connectivity index (χ0v) is 17.6. The zero-order valence-electron chi connectivity index (χ0n) is 16.8. The predicted octanol–water partition coefficient (Wildman–Crippen LogP) is 3.55. The lowest BCUT2D eigenvalue weighted by Crippen LogP contribution is -2.39. The fourth-order valence-electron chi connectivity index (χ4n) is 3.44. The molecule has 8 nitrogen and oxygen atoms in total. The van der Waals surface area contributed by atoms with Gasteiger partial charge in [-0.3, -0.25) is 10.1 Å². The molecule has 1 saturated heterocycles. The molecule has 1 amide bonds.